The smallest absolute Gasteiger partial charge is 0.242 e. The Kier molecular flexibility index (Phi) is 7.07. The van der Waals surface area contributed by atoms with Gasteiger partial charge in [0.2, 0.25) is 11.8 Å². The molecule has 5 heteroatoms. The fourth-order valence-corrected chi connectivity index (χ4v) is 2.85. The topological polar surface area (TPSA) is 61.4 Å². The number of carbonyl (C=O) groups is 2. The molecule has 1 unspecified atom stereocenters. The molecule has 0 saturated carbocycles. The number of nitrogens with one attached hydrogen (secondary N) is 2. The van der Waals surface area contributed by atoms with Gasteiger partial charge in [0.1, 0.15) is 0 Å². The molecule has 1 fully saturated rings. The molecule has 126 valence electrons. The van der Waals surface area contributed by atoms with Gasteiger partial charge in [-0.3, -0.25) is 9.59 Å². The molecule has 0 aliphatic carbocycles. The standard InChI is InChI=1S/C18H27N3O2/c1-2-21(14-16-6-4-3-5-7-16)18(23)13-20-17(22)9-8-15-10-11-19-12-15/h3-7,15,19H,2,8-14H2,1H3,(H,20,22). The summed E-state index contributed by atoms with van der Waals surface area (Å²) < 4.78 is 0. The van der Waals surface area contributed by atoms with E-state index in [0.29, 0.717) is 25.4 Å². The number of likely N-dealkylation sites (N-methyl/N-ethyl adjacent to an activating group) is 1. The van der Waals surface area contributed by atoms with Crippen LogP contribution in [0.15, 0.2) is 30.3 Å². The summed E-state index contributed by atoms with van der Waals surface area (Å²) in [6, 6.07) is 9.90. The fraction of sp³-hybridized carbons (Fsp3) is 0.556. The highest BCUT2D eigenvalue weighted by Crippen LogP contribution is 2.13. The van der Waals surface area contributed by atoms with E-state index in [0.717, 1.165) is 31.5 Å². The molecule has 1 atom stereocenters. The monoisotopic (exact) mass is 317 g/mol. The van der Waals surface area contributed by atoms with Crippen LogP contribution in [0.1, 0.15) is 31.7 Å². The SMILES string of the molecule is CCN(Cc1ccccc1)C(=O)CNC(=O)CCC1CCNC1. The lowest BCUT2D eigenvalue weighted by Crippen LogP contribution is -2.39. The Morgan fingerprint density at radius 2 is 2.09 bits per heavy atom. The van der Waals surface area contributed by atoms with Crippen LogP contribution in [0.2, 0.25) is 0 Å². The van der Waals surface area contributed by atoms with Crippen molar-refractivity contribution < 1.29 is 9.59 Å². The largest absolute Gasteiger partial charge is 0.347 e. The van der Waals surface area contributed by atoms with Crippen LogP contribution in [-0.2, 0) is 16.1 Å². The predicted molar refractivity (Wildman–Crippen MR) is 90.8 cm³/mol. The number of hydrogen-bond acceptors (Lipinski definition) is 3. The summed E-state index contributed by atoms with van der Waals surface area (Å²) in [4.78, 5) is 25.9. The third kappa shape index (κ3) is 6.02. The Morgan fingerprint density at radius 3 is 2.74 bits per heavy atom. The van der Waals surface area contributed by atoms with Gasteiger partial charge < -0.3 is 15.5 Å². The van der Waals surface area contributed by atoms with Crippen LogP contribution in [0, 0.1) is 5.92 Å². The van der Waals surface area contributed by atoms with Crippen molar-refractivity contribution in [1.29, 1.82) is 0 Å². The quantitative estimate of drug-likeness (QED) is 0.764. The molecule has 5 nitrogen and oxygen atoms in total. The molecule has 1 aromatic carbocycles. The maximum absolute atomic E-state index is 12.2. The lowest BCUT2D eigenvalue weighted by molar-refractivity contribution is -0.133. The Morgan fingerprint density at radius 1 is 1.30 bits per heavy atom. The summed E-state index contributed by atoms with van der Waals surface area (Å²) in [5.74, 6) is 0.537. The molecule has 1 aliphatic rings. The summed E-state index contributed by atoms with van der Waals surface area (Å²) in [5.41, 5.74) is 1.10. The van der Waals surface area contributed by atoms with Crippen LogP contribution in [-0.4, -0.2) is 42.9 Å². The van der Waals surface area contributed by atoms with E-state index >= 15 is 0 Å². The van der Waals surface area contributed by atoms with Gasteiger partial charge in [-0.2, -0.15) is 0 Å². The second-order valence-electron chi connectivity index (χ2n) is 6.07. The van der Waals surface area contributed by atoms with Crippen LogP contribution >= 0.6 is 0 Å². The average Bonchev–Trinajstić information content (AvgIpc) is 3.10. The third-order valence-corrected chi connectivity index (χ3v) is 4.33. The van der Waals surface area contributed by atoms with Crippen molar-refractivity contribution in [1.82, 2.24) is 15.5 Å². The summed E-state index contributed by atoms with van der Waals surface area (Å²) in [6.07, 6.45) is 2.55. The van der Waals surface area contributed by atoms with E-state index in [1.807, 2.05) is 37.3 Å². The van der Waals surface area contributed by atoms with E-state index in [9.17, 15) is 9.59 Å². The zero-order valence-corrected chi connectivity index (χ0v) is 13.9. The number of benzene rings is 1. The van der Waals surface area contributed by atoms with Gasteiger partial charge in [-0.15, -0.1) is 0 Å². The molecule has 0 bridgehead atoms. The lowest BCUT2D eigenvalue weighted by Gasteiger charge is -2.21. The minimum atomic E-state index is -0.0350. The van der Waals surface area contributed by atoms with Crippen LogP contribution in [0.5, 0.6) is 0 Å². The van der Waals surface area contributed by atoms with Crippen LogP contribution in [0.3, 0.4) is 0 Å². The van der Waals surface area contributed by atoms with Gasteiger partial charge in [-0.1, -0.05) is 30.3 Å². The zero-order valence-electron chi connectivity index (χ0n) is 13.9. The van der Waals surface area contributed by atoms with Crippen LogP contribution < -0.4 is 10.6 Å². The van der Waals surface area contributed by atoms with E-state index < -0.39 is 0 Å². The van der Waals surface area contributed by atoms with Crippen molar-refractivity contribution in [3.8, 4) is 0 Å². The van der Waals surface area contributed by atoms with Crippen molar-refractivity contribution in [3.63, 3.8) is 0 Å². The maximum Gasteiger partial charge on any atom is 0.242 e. The molecule has 1 aliphatic heterocycles. The number of hydrogen-bond donors (Lipinski definition) is 2. The Balaban J connectivity index is 1.70. The van der Waals surface area contributed by atoms with Gasteiger partial charge >= 0.3 is 0 Å². The average molecular weight is 317 g/mol. The first-order chi connectivity index (χ1) is 11.2. The van der Waals surface area contributed by atoms with Crippen molar-refractivity contribution in [2.45, 2.75) is 32.7 Å². The molecule has 2 amide bonds. The Labute approximate surface area is 138 Å². The Hall–Kier alpha value is -1.88. The fourth-order valence-electron chi connectivity index (χ4n) is 2.85. The Bertz CT molecular complexity index is 498. The molecule has 2 rings (SSSR count). The number of amides is 2. The van der Waals surface area contributed by atoms with Crippen molar-refractivity contribution in [3.05, 3.63) is 35.9 Å². The highest BCUT2D eigenvalue weighted by Gasteiger charge is 2.17. The number of rotatable bonds is 8. The van der Waals surface area contributed by atoms with Crippen LogP contribution in [0.25, 0.3) is 0 Å². The van der Waals surface area contributed by atoms with Crippen LogP contribution in [0.4, 0.5) is 0 Å². The molecule has 1 heterocycles. The molecule has 1 saturated heterocycles. The zero-order chi connectivity index (χ0) is 16.5. The first-order valence-electron chi connectivity index (χ1n) is 8.48. The van der Waals surface area contributed by atoms with E-state index in [-0.39, 0.29) is 18.4 Å². The molecule has 0 spiro atoms. The molecule has 0 radical (unpaired) electrons. The van der Waals surface area contributed by atoms with Crippen molar-refractivity contribution in [2.24, 2.45) is 5.92 Å². The number of carbonyl (C=O) groups excluding carboxylic acids is 2. The molecular formula is C18H27N3O2. The molecular weight excluding hydrogens is 290 g/mol. The minimum Gasteiger partial charge on any atom is -0.347 e. The van der Waals surface area contributed by atoms with Gasteiger partial charge in [-0.25, -0.2) is 0 Å². The second-order valence-corrected chi connectivity index (χ2v) is 6.07. The van der Waals surface area contributed by atoms with Gasteiger partial charge in [0.05, 0.1) is 6.54 Å². The highest BCUT2D eigenvalue weighted by atomic mass is 16.2. The summed E-state index contributed by atoms with van der Waals surface area (Å²) in [7, 11) is 0. The van der Waals surface area contributed by atoms with Gasteiger partial charge in [-0.05, 0) is 44.3 Å². The summed E-state index contributed by atoms with van der Waals surface area (Å²) in [5, 5.41) is 6.06. The highest BCUT2D eigenvalue weighted by molar-refractivity contribution is 5.84. The first kappa shape index (κ1) is 17.5. The van der Waals surface area contributed by atoms with E-state index in [1.165, 1.54) is 0 Å². The second kappa shape index (κ2) is 9.30. The molecule has 1 aromatic rings. The third-order valence-electron chi connectivity index (χ3n) is 4.33. The van der Waals surface area contributed by atoms with Gasteiger partial charge in [0.15, 0.2) is 0 Å². The summed E-state index contributed by atoms with van der Waals surface area (Å²) >= 11 is 0. The number of nitrogens with zero attached hydrogens (tertiary/aromatic N) is 1. The predicted octanol–water partition coefficient (Wildman–Crippen LogP) is 1.54. The van der Waals surface area contributed by atoms with E-state index in [2.05, 4.69) is 10.6 Å². The van der Waals surface area contributed by atoms with E-state index in [1.54, 1.807) is 4.90 Å². The van der Waals surface area contributed by atoms with Crippen molar-refractivity contribution in [2.75, 3.05) is 26.2 Å². The van der Waals surface area contributed by atoms with Gasteiger partial charge in [0.25, 0.3) is 0 Å². The van der Waals surface area contributed by atoms with Crippen molar-refractivity contribution >= 4 is 11.8 Å². The van der Waals surface area contributed by atoms with E-state index in [4.69, 9.17) is 0 Å². The first-order valence-corrected chi connectivity index (χ1v) is 8.48. The maximum atomic E-state index is 12.2. The van der Waals surface area contributed by atoms with Gasteiger partial charge in [0, 0.05) is 19.5 Å². The normalized spacial score (nSPS) is 17.0. The molecule has 23 heavy (non-hydrogen) atoms. The lowest BCUT2D eigenvalue weighted by atomic mass is 10.0. The molecule has 2 N–H and O–H groups in total. The summed E-state index contributed by atoms with van der Waals surface area (Å²) in [6.45, 7) is 5.32. The minimum absolute atomic E-state index is 0.0268. The molecule has 0 aromatic heterocycles.